The number of benzene rings is 1. The molecule has 17 heavy (non-hydrogen) atoms. The van der Waals surface area contributed by atoms with E-state index >= 15 is 0 Å². The molecule has 0 aliphatic carbocycles. The summed E-state index contributed by atoms with van der Waals surface area (Å²) in [6.45, 7) is 3.37. The normalized spacial score (nSPS) is 10.0. The number of hydrogen-bond donors (Lipinski definition) is 3. The van der Waals surface area contributed by atoms with E-state index in [1.807, 2.05) is 13.0 Å². The highest BCUT2D eigenvalue weighted by Gasteiger charge is 2.06. The number of nitrogen functional groups attached to an aromatic ring is 1. The number of hydrogen-bond acceptors (Lipinski definition) is 4. The molecule has 0 radical (unpaired) electrons. The van der Waals surface area contributed by atoms with Crippen molar-refractivity contribution in [2.75, 3.05) is 36.1 Å². The lowest BCUT2D eigenvalue weighted by molar-refractivity contribution is 0.0956. The van der Waals surface area contributed by atoms with Crippen molar-refractivity contribution in [3.8, 4) is 0 Å². The van der Waals surface area contributed by atoms with Gasteiger partial charge in [0.15, 0.2) is 0 Å². The summed E-state index contributed by atoms with van der Waals surface area (Å²) in [6, 6.07) is 5.33. The van der Waals surface area contributed by atoms with E-state index in [-0.39, 0.29) is 5.91 Å². The molecule has 0 fully saturated rings. The number of thioether (sulfide) groups is 1. The molecular weight excluding hydrogens is 234 g/mol. The van der Waals surface area contributed by atoms with Gasteiger partial charge in [-0.15, -0.1) is 0 Å². The van der Waals surface area contributed by atoms with Crippen molar-refractivity contribution in [1.29, 1.82) is 0 Å². The minimum Gasteiger partial charge on any atom is -0.397 e. The summed E-state index contributed by atoms with van der Waals surface area (Å²) in [4.78, 5) is 11.6. The highest BCUT2D eigenvalue weighted by Crippen LogP contribution is 2.19. The van der Waals surface area contributed by atoms with Gasteiger partial charge >= 0.3 is 0 Å². The van der Waals surface area contributed by atoms with Crippen LogP contribution >= 0.6 is 11.8 Å². The molecule has 0 saturated carbocycles. The Labute approximate surface area is 106 Å². The van der Waals surface area contributed by atoms with E-state index in [4.69, 9.17) is 5.73 Å². The molecule has 0 aliphatic rings. The second-order valence-corrected chi connectivity index (χ2v) is 4.57. The van der Waals surface area contributed by atoms with Crippen LogP contribution in [0.25, 0.3) is 0 Å². The lowest BCUT2D eigenvalue weighted by atomic mass is 10.1. The Bertz CT molecular complexity index is 382. The van der Waals surface area contributed by atoms with Gasteiger partial charge in [-0.2, -0.15) is 11.8 Å². The van der Waals surface area contributed by atoms with Gasteiger partial charge in [0.05, 0.1) is 11.4 Å². The number of carbonyl (C=O) groups is 1. The van der Waals surface area contributed by atoms with E-state index in [1.165, 1.54) is 0 Å². The molecule has 0 atom stereocenters. The van der Waals surface area contributed by atoms with Crippen molar-refractivity contribution >= 4 is 29.0 Å². The fourth-order valence-corrected chi connectivity index (χ4v) is 1.72. The summed E-state index contributed by atoms with van der Waals surface area (Å²) < 4.78 is 0. The Morgan fingerprint density at radius 2 is 2.24 bits per heavy atom. The Morgan fingerprint density at radius 1 is 1.47 bits per heavy atom. The third-order valence-electron chi connectivity index (χ3n) is 2.27. The minimum atomic E-state index is -0.0881. The summed E-state index contributed by atoms with van der Waals surface area (Å²) in [5, 5.41) is 5.98. The fourth-order valence-electron chi connectivity index (χ4n) is 1.42. The summed E-state index contributed by atoms with van der Waals surface area (Å²) in [5.74, 6) is 0.937. The number of nitrogens with one attached hydrogen (secondary N) is 2. The molecule has 0 spiro atoms. The van der Waals surface area contributed by atoms with Crippen molar-refractivity contribution in [1.82, 2.24) is 5.32 Å². The smallest absolute Gasteiger partial charge is 0.251 e. The lowest BCUT2D eigenvalue weighted by Gasteiger charge is -2.10. The zero-order valence-corrected chi connectivity index (χ0v) is 11.1. The molecule has 1 aromatic rings. The van der Waals surface area contributed by atoms with Crippen LogP contribution in [-0.4, -0.2) is 31.0 Å². The predicted octanol–water partition coefficient (Wildman–Crippen LogP) is 1.79. The molecule has 0 aliphatic heterocycles. The largest absolute Gasteiger partial charge is 0.397 e. The maximum Gasteiger partial charge on any atom is 0.251 e. The summed E-state index contributed by atoms with van der Waals surface area (Å²) >= 11 is 1.77. The summed E-state index contributed by atoms with van der Waals surface area (Å²) in [7, 11) is 0. The maximum atomic E-state index is 11.6. The molecule has 5 heteroatoms. The van der Waals surface area contributed by atoms with Gasteiger partial charge in [0, 0.05) is 24.4 Å². The number of rotatable bonds is 6. The molecule has 0 aromatic heterocycles. The molecule has 4 nitrogen and oxygen atoms in total. The third kappa shape index (κ3) is 4.19. The molecule has 0 unspecified atom stereocenters. The minimum absolute atomic E-state index is 0.0881. The maximum absolute atomic E-state index is 11.6. The summed E-state index contributed by atoms with van der Waals surface area (Å²) in [5.41, 5.74) is 7.97. The van der Waals surface area contributed by atoms with E-state index < -0.39 is 0 Å². The monoisotopic (exact) mass is 253 g/mol. The molecular formula is C12H19N3OS. The first-order chi connectivity index (χ1) is 8.19. The predicted molar refractivity (Wildman–Crippen MR) is 75.7 cm³/mol. The Morgan fingerprint density at radius 3 is 2.82 bits per heavy atom. The topological polar surface area (TPSA) is 67.2 Å². The number of carbonyl (C=O) groups excluding carboxylic acids is 1. The molecule has 1 amide bonds. The van der Waals surface area contributed by atoms with Gasteiger partial charge < -0.3 is 16.4 Å². The molecule has 0 saturated heterocycles. The standard InChI is InChI=1S/C12H19N3OS/c1-3-14-12(16)9-4-5-11(10(13)8-9)15-6-7-17-2/h4-5,8,15H,3,6-7,13H2,1-2H3,(H,14,16). The highest BCUT2D eigenvalue weighted by atomic mass is 32.2. The second kappa shape index (κ2) is 7.06. The van der Waals surface area contributed by atoms with Gasteiger partial charge in [-0.25, -0.2) is 0 Å². The van der Waals surface area contributed by atoms with Crippen LogP contribution in [0.3, 0.4) is 0 Å². The first-order valence-corrected chi connectivity index (χ1v) is 6.99. The van der Waals surface area contributed by atoms with E-state index in [0.717, 1.165) is 18.0 Å². The van der Waals surface area contributed by atoms with Crippen LogP contribution in [0.4, 0.5) is 11.4 Å². The average molecular weight is 253 g/mol. The van der Waals surface area contributed by atoms with Gasteiger partial charge in [-0.3, -0.25) is 4.79 Å². The zero-order chi connectivity index (χ0) is 12.7. The number of nitrogens with two attached hydrogens (primary N) is 1. The molecule has 1 aromatic carbocycles. The first kappa shape index (κ1) is 13.7. The van der Waals surface area contributed by atoms with Crippen LogP contribution in [0, 0.1) is 0 Å². The number of anilines is 2. The molecule has 94 valence electrons. The highest BCUT2D eigenvalue weighted by molar-refractivity contribution is 7.98. The second-order valence-electron chi connectivity index (χ2n) is 3.58. The van der Waals surface area contributed by atoms with Crippen molar-refractivity contribution in [3.05, 3.63) is 23.8 Å². The van der Waals surface area contributed by atoms with Gasteiger partial charge in [0.25, 0.3) is 5.91 Å². The molecule has 0 bridgehead atoms. The average Bonchev–Trinajstić information content (AvgIpc) is 2.31. The zero-order valence-electron chi connectivity index (χ0n) is 10.2. The van der Waals surface area contributed by atoms with E-state index in [9.17, 15) is 4.79 Å². The fraction of sp³-hybridized carbons (Fsp3) is 0.417. The van der Waals surface area contributed by atoms with Crippen LogP contribution in [0.1, 0.15) is 17.3 Å². The number of amides is 1. The van der Waals surface area contributed by atoms with Gasteiger partial charge in [0.2, 0.25) is 0 Å². The van der Waals surface area contributed by atoms with Crippen LogP contribution in [0.2, 0.25) is 0 Å². The van der Waals surface area contributed by atoms with E-state index in [1.54, 1.807) is 23.9 Å². The van der Waals surface area contributed by atoms with Crippen LogP contribution in [-0.2, 0) is 0 Å². The van der Waals surface area contributed by atoms with Gasteiger partial charge in [-0.1, -0.05) is 0 Å². The molecule has 1 rings (SSSR count). The summed E-state index contributed by atoms with van der Waals surface area (Å²) in [6.07, 6.45) is 2.06. The molecule has 4 N–H and O–H groups in total. The molecule has 0 heterocycles. The van der Waals surface area contributed by atoms with Crippen molar-refractivity contribution in [2.45, 2.75) is 6.92 Å². The Balaban J connectivity index is 2.68. The van der Waals surface area contributed by atoms with Crippen LogP contribution in [0.15, 0.2) is 18.2 Å². The van der Waals surface area contributed by atoms with Crippen molar-refractivity contribution in [2.24, 2.45) is 0 Å². The van der Waals surface area contributed by atoms with Crippen LogP contribution < -0.4 is 16.4 Å². The lowest BCUT2D eigenvalue weighted by Crippen LogP contribution is -2.22. The quantitative estimate of drug-likeness (QED) is 0.534. The van der Waals surface area contributed by atoms with Crippen molar-refractivity contribution in [3.63, 3.8) is 0 Å². The SMILES string of the molecule is CCNC(=O)c1ccc(NCCSC)c(N)c1. The van der Waals surface area contributed by atoms with E-state index in [0.29, 0.717) is 17.8 Å². The van der Waals surface area contributed by atoms with Gasteiger partial charge in [0.1, 0.15) is 0 Å². The first-order valence-electron chi connectivity index (χ1n) is 5.59. The Kier molecular flexibility index (Phi) is 5.69. The third-order valence-corrected chi connectivity index (χ3v) is 2.89. The van der Waals surface area contributed by atoms with Gasteiger partial charge in [-0.05, 0) is 31.4 Å². The van der Waals surface area contributed by atoms with E-state index in [2.05, 4.69) is 16.9 Å². The Hall–Kier alpha value is -1.36. The van der Waals surface area contributed by atoms with Crippen molar-refractivity contribution < 1.29 is 4.79 Å². The van der Waals surface area contributed by atoms with Crippen LogP contribution in [0.5, 0.6) is 0 Å².